The minimum absolute atomic E-state index is 0.0213. The van der Waals surface area contributed by atoms with Crippen LogP contribution in [0.5, 0.6) is 5.75 Å². The first-order chi connectivity index (χ1) is 14.7. The van der Waals surface area contributed by atoms with Gasteiger partial charge in [0.2, 0.25) is 10.0 Å². The zero-order valence-electron chi connectivity index (χ0n) is 16.9. The molecular formula is C21H23ClN2O6S. The molecule has 1 atom stereocenters. The normalized spacial score (nSPS) is 15.8. The number of ether oxygens (including phenoxy) is 1. The molecule has 0 saturated carbocycles. The van der Waals surface area contributed by atoms with Gasteiger partial charge in [-0.1, -0.05) is 30.2 Å². The minimum Gasteiger partial charge on any atom is -0.507 e. The number of nitrogens with one attached hydrogen (secondary N) is 1. The average Bonchev–Trinajstić information content (AvgIpc) is 2.75. The van der Waals surface area contributed by atoms with Crippen molar-refractivity contribution in [1.29, 1.82) is 0 Å². The summed E-state index contributed by atoms with van der Waals surface area (Å²) in [6, 6.07) is 9.88. The van der Waals surface area contributed by atoms with Gasteiger partial charge in [0.1, 0.15) is 11.3 Å². The van der Waals surface area contributed by atoms with E-state index in [-0.39, 0.29) is 26.9 Å². The van der Waals surface area contributed by atoms with Gasteiger partial charge in [0.25, 0.3) is 5.91 Å². The van der Waals surface area contributed by atoms with Gasteiger partial charge in [0, 0.05) is 13.1 Å². The number of hydrogen-bond donors (Lipinski definition) is 2. The molecule has 1 aliphatic rings. The number of halogens is 1. The van der Waals surface area contributed by atoms with Crippen LogP contribution in [0.4, 0.5) is 5.69 Å². The summed E-state index contributed by atoms with van der Waals surface area (Å²) in [7, 11) is -3.71. The number of benzene rings is 2. The van der Waals surface area contributed by atoms with Gasteiger partial charge >= 0.3 is 5.97 Å². The van der Waals surface area contributed by atoms with E-state index in [2.05, 4.69) is 5.32 Å². The molecule has 1 unspecified atom stereocenters. The van der Waals surface area contributed by atoms with Crippen molar-refractivity contribution < 1.29 is 27.9 Å². The van der Waals surface area contributed by atoms with Crippen LogP contribution in [0.25, 0.3) is 0 Å². The van der Waals surface area contributed by atoms with Gasteiger partial charge in [-0.05, 0) is 50.1 Å². The third-order valence-electron chi connectivity index (χ3n) is 4.93. The molecule has 1 amide bonds. The van der Waals surface area contributed by atoms with Crippen molar-refractivity contribution in [3.05, 3.63) is 53.1 Å². The van der Waals surface area contributed by atoms with E-state index in [0.29, 0.717) is 13.1 Å². The topological polar surface area (TPSA) is 113 Å². The van der Waals surface area contributed by atoms with Gasteiger partial charge in [0.05, 0.1) is 15.6 Å². The Morgan fingerprint density at radius 2 is 1.81 bits per heavy atom. The summed E-state index contributed by atoms with van der Waals surface area (Å²) in [4.78, 5) is 24.7. The molecule has 1 heterocycles. The Morgan fingerprint density at radius 3 is 2.48 bits per heavy atom. The van der Waals surface area contributed by atoms with E-state index < -0.39 is 28.0 Å². The molecular weight excluding hydrogens is 444 g/mol. The number of amides is 1. The van der Waals surface area contributed by atoms with Crippen LogP contribution in [0, 0.1) is 0 Å². The molecule has 0 spiro atoms. The van der Waals surface area contributed by atoms with Gasteiger partial charge in [-0.3, -0.25) is 4.79 Å². The van der Waals surface area contributed by atoms with E-state index in [1.54, 1.807) is 12.1 Å². The monoisotopic (exact) mass is 466 g/mol. The molecule has 166 valence electrons. The summed E-state index contributed by atoms with van der Waals surface area (Å²) in [5, 5.41) is 12.4. The number of aromatic hydroxyl groups is 1. The van der Waals surface area contributed by atoms with Crippen LogP contribution in [-0.2, 0) is 19.6 Å². The van der Waals surface area contributed by atoms with Crippen LogP contribution >= 0.6 is 11.6 Å². The fraction of sp³-hybridized carbons (Fsp3) is 0.333. The van der Waals surface area contributed by atoms with Crippen molar-refractivity contribution in [1.82, 2.24) is 4.31 Å². The van der Waals surface area contributed by atoms with Crippen molar-refractivity contribution in [3.8, 4) is 5.75 Å². The molecule has 0 aromatic heterocycles. The Labute approximate surface area is 185 Å². The average molecular weight is 467 g/mol. The molecule has 2 aromatic carbocycles. The Hall–Kier alpha value is -2.62. The van der Waals surface area contributed by atoms with E-state index in [1.807, 2.05) is 0 Å². The fourth-order valence-corrected chi connectivity index (χ4v) is 4.88. The summed E-state index contributed by atoms with van der Waals surface area (Å²) < 4.78 is 32.3. The highest BCUT2D eigenvalue weighted by molar-refractivity contribution is 7.89. The van der Waals surface area contributed by atoms with Gasteiger partial charge in [-0.15, -0.1) is 0 Å². The highest BCUT2D eigenvalue weighted by Crippen LogP contribution is 2.28. The molecule has 10 heteroatoms. The standard InChI is InChI=1S/C21H23ClN2O6S/c1-14(30-21(27)16-7-3-4-8-19(16)25)20(26)23-18-13-15(9-10-17(18)22)31(28,29)24-11-5-2-6-12-24/h3-4,7-10,13-14,25H,2,5-6,11-12H2,1H3,(H,23,26). The molecule has 8 nitrogen and oxygen atoms in total. The van der Waals surface area contributed by atoms with Crippen molar-refractivity contribution in [2.45, 2.75) is 37.2 Å². The van der Waals surface area contributed by atoms with Crippen LogP contribution in [-0.4, -0.2) is 48.9 Å². The molecule has 0 bridgehead atoms. The lowest BCUT2D eigenvalue weighted by Gasteiger charge is -2.26. The number of phenols is 1. The van der Waals surface area contributed by atoms with E-state index >= 15 is 0 Å². The second kappa shape index (κ2) is 9.67. The van der Waals surface area contributed by atoms with Crippen molar-refractivity contribution in [3.63, 3.8) is 0 Å². The van der Waals surface area contributed by atoms with E-state index in [1.165, 1.54) is 41.6 Å². The number of rotatable bonds is 6. The first kappa shape index (κ1) is 23.1. The number of esters is 1. The second-order valence-corrected chi connectivity index (χ2v) is 9.51. The smallest absolute Gasteiger partial charge is 0.342 e. The predicted molar refractivity (Wildman–Crippen MR) is 116 cm³/mol. The number of para-hydroxylation sites is 1. The number of phenolic OH excluding ortho intramolecular Hbond substituents is 1. The summed E-state index contributed by atoms with van der Waals surface area (Å²) in [6.07, 6.45) is 1.38. The van der Waals surface area contributed by atoms with Gasteiger partial charge in [-0.2, -0.15) is 4.31 Å². The molecule has 2 aromatic rings. The number of carbonyl (C=O) groups excluding carboxylic acids is 2. The van der Waals surface area contributed by atoms with Crippen LogP contribution in [0.2, 0.25) is 5.02 Å². The lowest BCUT2D eigenvalue weighted by Crippen LogP contribution is -2.35. The second-order valence-electron chi connectivity index (χ2n) is 7.16. The first-order valence-electron chi connectivity index (χ1n) is 9.79. The molecule has 1 fully saturated rings. The molecule has 1 aliphatic heterocycles. The Bertz CT molecular complexity index is 1080. The molecule has 1 saturated heterocycles. The Kier molecular flexibility index (Phi) is 7.19. The third-order valence-corrected chi connectivity index (χ3v) is 7.15. The Balaban J connectivity index is 1.73. The highest BCUT2D eigenvalue weighted by Gasteiger charge is 2.27. The first-order valence-corrected chi connectivity index (χ1v) is 11.6. The number of anilines is 1. The zero-order chi connectivity index (χ0) is 22.6. The highest BCUT2D eigenvalue weighted by atomic mass is 35.5. The number of sulfonamides is 1. The lowest BCUT2D eigenvalue weighted by atomic mass is 10.2. The van der Waals surface area contributed by atoms with Crippen molar-refractivity contribution in [2.24, 2.45) is 0 Å². The molecule has 31 heavy (non-hydrogen) atoms. The summed E-state index contributed by atoms with van der Waals surface area (Å²) in [5.41, 5.74) is 0.0185. The SMILES string of the molecule is CC(OC(=O)c1ccccc1O)C(=O)Nc1cc(S(=O)(=O)N2CCCCC2)ccc1Cl. The minimum atomic E-state index is -3.71. The predicted octanol–water partition coefficient (Wildman–Crippen LogP) is 3.40. The summed E-state index contributed by atoms with van der Waals surface area (Å²) in [6.45, 7) is 2.26. The van der Waals surface area contributed by atoms with Crippen molar-refractivity contribution in [2.75, 3.05) is 18.4 Å². The van der Waals surface area contributed by atoms with Gasteiger partial charge in [-0.25, -0.2) is 13.2 Å². The molecule has 2 N–H and O–H groups in total. The van der Waals surface area contributed by atoms with Crippen molar-refractivity contribution >= 4 is 39.2 Å². The van der Waals surface area contributed by atoms with Crippen LogP contribution < -0.4 is 5.32 Å². The molecule has 0 aliphatic carbocycles. The van der Waals surface area contributed by atoms with E-state index in [4.69, 9.17) is 16.3 Å². The quantitative estimate of drug-likeness (QED) is 0.631. The Morgan fingerprint density at radius 1 is 1.13 bits per heavy atom. The van der Waals surface area contributed by atoms with Crippen LogP contribution in [0.15, 0.2) is 47.4 Å². The number of piperidine rings is 1. The number of carbonyl (C=O) groups is 2. The maximum absolute atomic E-state index is 12.9. The number of nitrogens with zero attached hydrogens (tertiary/aromatic N) is 1. The fourth-order valence-electron chi connectivity index (χ4n) is 3.17. The van der Waals surface area contributed by atoms with Gasteiger partial charge < -0.3 is 15.2 Å². The lowest BCUT2D eigenvalue weighted by molar-refractivity contribution is -0.123. The van der Waals surface area contributed by atoms with Crippen LogP contribution in [0.1, 0.15) is 36.5 Å². The zero-order valence-corrected chi connectivity index (χ0v) is 18.4. The third kappa shape index (κ3) is 5.36. The number of hydrogen-bond acceptors (Lipinski definition) is 6. The van der Waals surface area contributed by atoms with Crippen LogP contribution in [0.3, 0.4) is 0 Å². The maximum atomic E-state index is 12.9. The largest absolute Gasteiger partial charge is 0.507 e. The maximum Gasteiger partial charge on any atom is 0.342 e. The van der Waals surface area contributed by atoms with E-state index in [9.17, 15) is 23.1 Å². The summed E-state index contributed by atoms with van der Waals surface area (Å²) in [5.74, 6) is -1.83. The van der Waals surface area contributed by atoms with Gasteiger partial charge in [0.15, 0.2) is 6.10 Å². The molecule has 0 radical (unpaired) electrons. The molecule has 3 rings (SSSR count). The summed E-state index contributed by atoms with van der Waals surface area (Å²) >= 11 is 6.14. The van der Waals surface area contributed by atoms with E-state index in [0.717, 1.165) is 19.3 Å².